The number of halogens is 6. The van der Waals surface area contributed by atoms with E-state index in [4.69, 9.17) is 18.9 Å². The first-order chi connectivity index (χ1) is 43.0. The number of hydrogen-bond acceptors (Lipinski definition) is 20. The molecular formula is C58H68F6N6Na2O20S2. The molecule has 3 atom stereocenters. The summed E-state index contributed by atoms with van der Waals surface area (Å²) < 4.78 is 157. The second-order valence-electron chi connectivity index (χ2n) is 21.3. The average Bonchev–Trinajstić information content (AvgIpc) is 0.817. The number of hydrogen-bond donors (Lipinski definition) is 5. The number of carbonyl (C=O) groups excluding carboxylic acids is 8. The number of amides is 6. The molecule has 0 saturated carbocycles. The van der Waals surface area contributed by atoms with Crippen molar-refractivity contribution in [2.45, 2.75) is 129 Å². The van der Waals surface area contributed by atoms with Crippen molar-refractivity contribution in [1.82, 2.24) is 31.5 Å². The monoisotopic (exact) mass is 1390 g/mol. The number of benzene rings is 4. The molecule has 0 saturated heterocycles. The Morgan fingerprint density at radius 1 is 0.489 bits per heavy atom. The third-order valence-corrected chi connectivity index (χ3v) is 16.7. The van der Waals surface area contributed by atoms with Crippen LogP contribution in [0.5, 0.6) is 23.0 Å². The summed E-state index contributed by atoms with van der Waals surface area (Å²) in [5, 5.41) is 35.2. The van der Waals surface area contributed by atoms with E-state index in [1.165, 1.54) is 72.8 Å². The van der Waals surface area contributed by atoms with Crippen LogP contribution in [0, 0.1) is 11.3 Å². The second-order valence-corrected chi connectivity index (χ2v) is 25.2. The van der Waals surface area contributed by atoms with E-state index >= 15 is 0 Å². The van der Waals surface area contributed by atoms with E-state index in [2.05, 4.69) is 36.1 Å². The molecule has 506 valence electrons. The molecule has 0 aliphatic heterocycles. The van der Waals surface area contributed by atoms with Crippen LogP contribution in [0.1, 0.15) is 85.0 Å². The molecule has 0 radical (unpaired) electrons. The summed E-state index contributed by atoms with van der Waals surface area (Å²) in [6.45, 7) is 4.24. The number of aliphatic carboxylic acids is 2. The summed E-state index contributed by atoms with van der Waals surface area (Å²) in [6.07, 6.45) is -16.6. The zero-order valence-corrected chi connectivity index (χ0v) is 57.6. The normalized spacial score (nSPS) is 12.5. The van der Waals surface area contributed by atoms with Gasteiger partial charge in [-0.15, -0.1) is 0 Å². The minimum Gasteiger partial charge on any atom is -0.548 e. The number of alkyl halides is 6. The van der Waals surface area contributed by atoms with Gasteiger partial charge in [0.2, 0.25) is 19.7 Å². The Bertz CT molecular complexity index is 3380. The Morgan fingerprint density at radius 2 is 0.851 bits per heavy atom. The SMILES string of the molecule is CC(CNC(=O)Oc1ccc(S(=O)(=O)c2ccc(OC(=O)NCCCCC(C(=O)[O-])N(C)C(=O)OCCC(F)(F)F)cc2)cc1)CC(C)(C)CCNC(=O)Oc1ccc(S(=O)(=O)c2ccc(OC(=O)NC(CCCCNC(=O)OCCC(F)(F)F)C(=O)[O-])cc2)cc1.[Na+].[Na+]. The number of carboxylic acids is 2. The predicted molar refractivity (Wildman–Crippen MR) is 305 cm³/mol. The number of nitrogens with zero attached hydrogens (tertiary/aromatic N) is 1. The molecule has 0 spiro atoms. The topological polar surface area (TPSA) is 370 Å². The number of carboxylic acid groups (broad SMARTS) is 2. The van der Waals surface area contributed by atoms with Crippen LogP contribution in [-0.2, 0) is 38.7 Å². The number of sulfone groups is 2. The zero-order valence-electron chi connectivity index (χ0n) is 52.0. The third-order valence-electron chi connectivity index (χ3n) is 13.1. The quantitative estimate of drug-likeness (QED) is 0.0254. The maximum Gasteiger partial charge on any atom is 1.00 e. The number of rotatable bonds is 33. The maximum atomic E-state index is 13.4. The molecule has 0 fully saturated rings. The summed E-state index contributed by atoms with van der Waals surface area (Å²) in [6, 6.07) is 16.3. The van der Waals surface area contributed by atoms with Crippen LogP contribution in [0.3, 0.4) is 0 Å². The molecule has 4 rings (SSSR count). The van der Waals surface area contributed by atoms with Gasteiger partial charge in [-0.3, -0.25) is 0 Å². The molecule has 0 aliphatic carbocycles. The van der Waals surface area contributed by atoms with Crippen molar-refractivity contribution in [2.24, 2.45) is 11.3 Å². The van der Waals surface area contributed by atoms with Gasteiger partial charge in [0.05, 0.1) is 56.4 Å². The summed E-state index contributed by atoms with van der Waals surface area (Å²) >= 11 is 0. The standard InChI is InChI=1S/C58H70F6N6O20S2.2Na/c1-37(36-68-53(78)89-40-15-23-44(24-16-40)91(81,82)42-19-11-38(12-20-42)87-51(76)66-31-8-6-10-47(49(73)74)70(4)55(80)86-34-29-58(62,63)64)35-56(2,3)27-32-67-52(77)88-39-13-21-43(22-14-39)92(83,84)45-25-17-41(18-26-45)90-54(79)69-46(48(71)72)9-5-7-30-65-50(75)85-33-28-57(59,60)61;;/h11-26,37,46-47H,5-10,27-36H2,1-4H3,(H,65,75)(H,66,76)(H,67,77)(H,68,78)(H,69,79)(H,71,72)(H,73,74);;/q;2*+1/p-2. The molecular weight excluding hydrogens is 1320 g/mol. The van der Waals surface area contributed by atoms with Crippen molar-refractivity contribution >= 4 is 68.2 Å². The van der Waals surface area contributed by atoms with E-state index in [0.717, 1.165) is 31.3 Å². The number of unbranched alkanes of at least 4 members (excludes halogenated alkanes) is 2. The first-order valence-electron chi connectivity index (χ1n) is 28.1. The van der Waals surface area contributed by atoms with Crippen LogP contribution < -0.4 is 115 Å². The Morgan fingerprint density at radius 3 is 1.24 bits per heavy atom. The van der Waals surface area contributed by atoms with Crippen LogP contribution >= 0.6 is 0 Å². The molecule has 26 nitrogen and oxygen atoms in total. The number of nitrogens with one attached hydrogen (secondary N) is 5. The summed E-state index contributed by atoms with van der Waals surface area (Å²) in [5.41, 5.74) is -0.355. The first kappa shape index (κ1) is 83.0. The van der Waals surface area contributed by atoms with Crippen molar-refractivity contribution in [3.05, 3.63) is 97.1 Å². The second kappa shape index (κ2) is 39.1. The molecule has 0 aliphatic rings. The molecule has 6 amide bonds. The fourth-order valence-corrected chi connectivity index (χ4v) is 11.0. The van der Waals surface area contributed by atoms with Gasteiger partial charge in [-0.05, 0) is 160 Å². The van der Waals surface area contributed by atoms with Crippen LogP contribution in [0.15, 0.2) is 117 Å². The molecule has 0 bridgehead atoms. The average molecular weight is 1390 g/mol. The van der Waals surface area contributed by atoms with Gasteiger partial charge < -0.3 is 79.7 Å². The van der Waals surface area contributed by atoms with Crippen molar-refractivity contribution in [2.75, 3.05) is 46.4 Å². The molecule has 3 unspecified atom stereocenters. The Kier molecular flexibility index (Phi) is 34.5. The van der Waals surface area contributed by atoms with Gasteiger partial charge in [-0.25, -0.2) is 45.6 Å². The van der Waals surface area contributed by atoms with E-state index in [0.29, 0.717) is 17.7 Å². The van der Waals surface area contributed by atoms with Crippen LogP contribution in [0.25, 0.3) is 0 Å². The van der Waals surface area contributed by atoms with Crippen LogP contribution in [0.4, 0.5) is 55.1 Å². The Hall–Kier alpha value is -7.08. The summed E-state index contributed by atoms with van der Waals surface area (Å²) in [4.78, 5) is 96.7. The molecule has 0 heterocycles. The maximum absolute atomic E-state index is 13.4. The molecule has 94 heavy (non-hydrogen) atoms. The number of likely N-dealkylation sites (N-methyl/N-ethyl adjacent to an activating group) is 1. The van der Waals surface area contributed by atoms with Gasteiger partial charge in [0.15, 0.2) is 0 Å². The minimum atomic E-state index is -4.58. The molecule has 4 aromatic carbocycles. The number of alkyl carbamates (subject to hydrolysis) is 1. The smallest absolute Gasteiger partial charge is 0.548 e. The van der Waals surface area contributed by atoms with Gasteiger partial charge in [-0.2, -0.15) is 26.3 Å². The van der Waals surface area contributed by atoms with Crippen molar-refractivity contribution < 1.29 is 179 Å². The first-order valence-corrected chi connectivity index (χ1v) is 31.1. The van der Waals surface area contributed by atoms with E-state index in [1.54, 1.807) is 0 Å². The fourth-order valence-electron chi connectivity index (χ4n) is 8.43. The van der Waals surface area contributed by atoms with E-state index in [1.807, 2.05) is 20.8 Å². The van der Waals surface area contributed by atoms with Crippen molar-refractivity contribution in [3.63, 3.8) is 0 Å². The number of carbonyl (C=O) groups is 8. The van der Waals surface area contributed by atoms with Crippen molar-refractivity contribution in [3.8, 4) is 23.0 Å². The summed E-state index contributed by atoms with van der Waals surface area (Å²) in [5.74, 6) is -3.51. The van der Waals surface area contributed by atoms with E-state index in [-0.39, 0.29) is 178 Å². The largest absolute Gasteiger partial charge is 1.00 e. The molecule has 0 aromatic heterocycles. The van der Waals surface area contributed by atoms with Crippen LogP contribution in [0.2, 0.25) is 0 Å². The van der Waals surface area contributed by atoms with E-state index in [9.17, 15) is 91.7 Å². The molecule has 36 heteroatoms. The van der Waals surface area contributed by atoms with E-state index < -0.39 is 119 Å². The van der Waals surface area contributed by atoms with Gasteiger partial charge in [0.1, 0.15) is 36.2 Å². The Labute approximate surface area is 581 Å². The summed E-state index contributed by atoms with van der Waals surface area (Å²) in [7, 11) is -7.21. The predicted octanol–water partition coefficient (Wildman–Crippen LogP) is 1.13. The zero-order chi connectivity index (χ0) is 68.5. The van der Waals surface area contributed by atoms with Gasteiger partial charge >= 0.3 is 108 Å². The van der Waals surface area contributed by atoms with Crippen molar-refractivity contribution in [1.29, 1.82) is 0 Å². The van der Waals surface area contributed by atoms with Gasteiger partial charge in [-0.1, -0.05) is 20.8 Å². The fraction of sp³-hybridized carbons (Fsp3) is 0.448. The molecule has 4 aromatic rings. The van der Waals surface area contributed by atoms with Gasteiger partial charge in [0, 0.05) is 33.2 Å². The molecule has 5 N–H and O–H groups in total. The minimum absolute atomic E-state index is 0. The number of ether oxygens (including phenoxy) is 6. The van der Waals surface area contributed by atoms with Crippen LogP contribution in [-0.4, -0.2) is 141 Å². The third kappa shape index (κ3) is 30.5. The van der Waals surface area contributed by atoms with Gasteiger partial charge in [0.25, 0.3) is 0 Å². The Balaban J connectivity index is 0.0000150.